The molecule has 3 rings (SSSR count). The van der Waals surface area contributed by atoms with Gasteiger partial charge in [0.1, 0.15) is 0 Å². The van der Waals surface area contributed by atoms with Gasteiger partial charge in [0.2, 0.25) is 0 Å². The van der Waals surface area contributed by atoms with Crippen molar-refractivity contribution in [1.29, 1.82) is 0 Å². The van der Waals surface area contributed by atoms with Crippen LogP contribution < -0.4 is 14.3 Å². The summed E-state index contributed by atoms with van der Waals surface area (Å²) in [6.45, 7) is 13.4. The van der Waals surface area contributed by atoms with Crippen LogP contribution in [0.25, 0.3) is 10.2 Å². The maximum atomic E-state index is 12.9. The first-order valence-corrected chi connectivity index (χ1v) is 10.5. The number of ether oxygens (including phenoxy) is 2. The lowest BCUT2D eigenvalue weighted by molar-refractivity contribution is 0.0997. The molecule has 3 aromatic rings. The van der Waals surface area contributed by atoms with Gasteiger partial charge < -0.3 is 14.0 Å². The van der Waals surface area contributed by atoms with Crippen molar-refractivity contribution in [2.45, 2.75) is 34.2 Å². The second-order valence-electron chi connectivity index (χ2n) is 6.63. The number of hydrogen-bond donors (Lipinski definition) is 0. The lowest BCUT2D eigenvalue weighted by Crippen LogP contribution is -2.16. The predicted molar refractivity (Wildman–Crippen MR) is 118 cm³/mol. The first-order valence-electron chi connectivity index (χ1n) is 9.68. The zero-order valence-corrected chi connectivity index (χ0v) is 18.1. The van der Waals surface area contributed by atoms with E-state index in [1.54, 1.807) is 18.2 Å². The minimum atomic E-state index is -0.313. The number of benzene rings is 2. The molecule has 0 saturated heterocycles. The number of carbonyl (C=O) groups is 1. The monoisotopic (exact) mass is 410 g/mol. The molecule has 0 spiro atoms. The largest absolute Gasteiger partial charge is 0.490 e. The van der Waals surface area contributed by atoms with Gasteiger partial charge in [0.05, 0.1) is 23.4 Å². The van der Waals surface area contributed by atoms with Gasteiger partial charge in [0.15, 0.2) is 16.3 Å². The van der Waals surface area contributed by atoms with E-state index in [0.29, 0.717) is 41.6 Å². The number of aromatic nitrogens is 1. The number of rotatable bonds is 7. The van der Waals surface area contributed by atoms with Crippen molar-refractivity contribution in [1.82, 2.24) is 4.57 Å². The van der Waals surface area contributed by atoms with Crippen LogP contribution in [0, 0.1) is 13.8 Å². The second-order valence-corrected chi connectivity index (χ2v) is 7.64. The van der Waals surface area contributed by atoms with Crippen LogP contribution in [-0.4, -0.2) is 23.7 Å². The molecule has 0 atom stereocenters. The van der Waals surface area contributed by atoms with Crippen molar-refractivity contribution in [2.75, 3.05) is 13.2 Å². The molecule has 1 aromatic heterocycles. The van der Waals surface area contributed by atoms with Crippen molar-refractivity contribution < 1.29 is 14.3 Å². The van der Waals surface area contributed by atoms with Crippen molar-refractivity contribution in [2.24, 2.45) is 4.99 Å². The minimum absolute atomic E-state index is 0.313. The maximum Gasteiger partial charge on any atom is 0.279 e. The van der Waals surface area contributed by atoms with Crippen LogP contribution in [-0.2, 0) is 6.54 Å². The zero-order valence-electron chi connectivity index (χ0n) is 17.3. The summed E-state index contributed by atoms with van der Waals surface area (Å²) in [5.41, 5.74) is 3.95. The lowest BCUT2D eigenvalue weighted by atomic mass is 10.1. The molecule has 0 aliphatic rings. The fourth-order valence-corrected chi connectivity index (χ4v) is 4.17. The van der Waals surface area contributed by atoms with Gasteiger partial charge in [-0.15, -0.1) is 6.58 Å². The summed E-state index contributed by atoms with van der Waals surface area (Å²) < 4.78 is 14.3. The first kappa shape index (κ1) is 20.9. The van der Waals surface area contributed by atoms with Crippen molar-refractivity contribution in [3.63, 3.8) is 0 Å². The molecule has 0 radical (unpaired) electrons. The molecule has 0 aliphatic heterocycles. The van der Waals surface area contributed by atoms with Gasteiger partial charge in [0, 0.05) is 12.1 Å². The third-order valence-electron chi connectivity index (χ3n) is 4.60. The number of allylic oxidation sites excluding steroid dienone is 1. The average molecular weight is 411 g/mol. The number of fused-ring (bicyclic) bond motifs is 1. The van der Waals surface area contributed by atoms with Crippen LogP contribution in [0.4, 0.5) is 0 Å². The molecule has 1 heterocycles. The molecule has 0 unspecified atom stereocenters. The quantitative estimate of drug-likeness (QED) is 0.513. The molecule has 152 valence electrons. The highest BCUT2D eigenvalue weighted by atomic mass is 32.1. The van der Waals surface area contributed by atoms with Crippen molar-refractivity contribution in [3.8, 4) is 11.5 Å². The van der Waals surface area contributed by atoms with E-state index in [9.17, 15) is 4.79 Å². The average Bonchev–Trinajstić information content (AvgIpc) is 3.00. The molecule has 0 bridgehead atoms. The SMILES string of the molecule is C=CCn1c(=NC(=O)c2ccc(OCC)c(OCC)c2)sc2cc(C)c(C)cc21. The molecule has 1 amide bonds. The number of nitrogens with zero attached hydrogens (tertiary/aromatic N) is 2. The fourth-order valence-electron chi connectivity index (χ4n) is 3.05. The van der Waals surface area contributed by atoms with Gasteiger partial charge in [-0.2, -0.15) is 4.99 Å². The molecule has 2 aromatic carbocycles. The number of carbonyl (C=O) groups excluding carboxylic acids is 1. The van der Waals surface area contributed by atoms with Crippen LogP contribution >= 0.6 is 11.3 Å². The van der Waals surface area contributed by atoms with E-state index < -0.39 is 0 Å². The van der Waals surface area contributed by atoms with Crippen LogP contribution in [0.5, 0.6) is 11.5 Å². The standard InChI is InChI=1S/C23H26N2O3S/c1-6-11-25-18-12-15(4)16(5)13-21(18)29-23(25)24-22(26)17-9-10-19(27-7-2)20(14-17)28-8-3/h6,9-10,12-14H,1,7-8,11H2,2-5H3. The Morgan fingerprint density at radius 2 is 1.79 bits per heavy atom. The lowest BCUT2D eigenvalue weighted by Gasteiger charge is -2.11. The molecular formula is C23H26N2O3S. The van der Waals surface area contributed by atoms with Gasteiger partial charge in [-0.25, -0.2) is 0 Å². The number of aryl methyl sites for hydroxylation is 2. The fraction of sp³-hybridized carbons (Fsp3) is 0.304. The summed E-state index contributed by atoms with van der Waals surface area (Å²) >= 11 is 1.51. The highest BCUT2D eigenvalue weighted by molar-refractivity contribution is 7.16. The van der Waals surface area contributed by atoms with E-state index in [2.05, 4.69) is 37.6 Å². The first-order chi connectivity index (χ1) is 14.0. The van der Waals surface area contributed by atoms with Gasteiger partial charge >= 0.3 is 0 Å². The molecule has 29 heavy (non-hydrogen) atoms. The Morgan fingerprint density at radius 3 is 2.48 bits per heavy atom. The summed E-state index contributed by atoms with van der Waals surface area (Å²) in [5.74, 6) is 0.865. The Balaban J connectivity index is 2.08. The molecule has 5 nitrogen and oxygen atoms in total. The van der Waals surface area contributed by atoms with Gasteiger partial charge in [-0.3, -0.25) is 4.79 Å². The third-order valence-corrected chi connectivity index (χ3v) is 5.64. The molecule has 0 fully saturated rings. The summed E-state index contributed by atoms with van der Waals surface area (Å²) in [5, 5.41) is 0. The number of amides is 1. The van der Waals surface area contributed by atoms with E-state index in [0.717, 1.165) is 10.2 Å². The summed E-state index contributed by atoms with van der Waals surface area (Å²) in [6.07, 6.45) is 1.81. The van der Waals surface area contributed by atoms with E-state index in [4.69, 9.17) is 9.47 Å². The molecular weight excluding hydrogens is 384 g/mol. The number of hydrogen-bond acceptors (Lipinski definition) is 4. The van der Waals surface area contributed by atoms with E-state index in [-0.39, 0.29) is 5.91 Å². The Hall–Kier alpha value is -2.86. The van der Waals surface area contributed by atoms with Crippen LogP contribution in [0.3, 0.4) is 0 Å². The normalized spacial score (nSPS) is 11.7. The predicted octanol–water partition coefficient (Wildman–Crippen LogP) is 5.04. The molecule has 6 heteroatoms. The smallest absolute Gasteiger partial charge is 0.279 e. The minimum Gasteiger partial charge on any atom is -0.490 e. The highest BCUT2D eigenvalue weighted by Crippen LogP contribution is 2.29. The van der Waals surface area contributed by atoms with Gasteiger partial charge in [0.25, 0.3) is 5.91 Å². The zero-order chi connectivity index (χ0) is 21.0. The Labute approximate surface area is 174 Å². The maximum absolute atomic E-state index is 12.9. The molecule has 0 saturated carbocycles. The van der Waals surface area contributed by atoms with E-state index in [1.807, 2.05) is 24.5 Å². The topological polar surface area (TPSA) is 52.8 Å². The van der Waals surface area contributed by atoms with Gasteiger partial charge in [-0.05, 0) is 69.2 Å². The summed E-state index contributed by atoms with van der Waals surface area (Å²) in [7, 11) is 0. The van der Waals surface area contributed by atoms with Crippen LogP contribution in [0.2, 0.25) is 0 Å². The van der Waals surface area contributed by atoms with Crippen molar-refractivity contribution >= 4 is 27.5 Å². The van der Waals surface area contributed by atoms with Crippen molar-refractivity contribution in [3.05, 3.63) is 64.5 Å². The molecule has 0 N–H and O–H groups in total. The van der Waals surface area contributed by atoms with Gasteiger partial charge in [-0.1, -0.05) is 17.4 Å². The third kappa shape index (κ3) is 4.43. The highest BCUT2D eigenvalue weighted by Gasteiger charge is 2.13. The second kappa shape index (κ2) is 9.09. The Morgan fingerprint density at radius 1 is 1.10 bits per heavy atom. The Kier molecular flexibility index (Phi) is 6.54. The van der Waals surface area contributed by atoms with E-state index >= 15 is 0 Å². The Bertz CT molecular complexity index is 1130. The van der Waals surface area contributed by atoms with E-state index in [1.165, 1.54) is 22.5 Å². The molecule has 0 aliphatic carbocycles. The number of thiazole rings is 1. The van der Waals surface area contributed by atoms with Crippen LogP contribution in [0.15, 0.2) is 48.0 Å². The summed E-state index contributed by atoms with van der Waals surface area (Å²) in [4.78, 5) is 18.0. The summed E-state index contributed by atoms with van der Waals surface area (Å²) in [6, 6.07) is 9.45. The van der Waals surface area contributed by atoms with Crippen LogP contribution in [0.1, 0.15) is 35.3 Å².